The number of halogens is 1. The molecule has 2 fully saturated rings. The Morgan fingerprint density at radius 3 is 2.58 bits per heavy atom. The van der Waals surface area contributed by atoms with Gasteiger partial charge in [-0.25, -0.2) is 13.1 Å². The first-order valence-electron chi connectivity index (χ1n) is 19.2. The molecule has 0 radical (unpaired) electrons. The first-order chi connectivity index (χ1) is 25.0. The summed E-state index contributed by atoms with van der Waals surface area (Å²) < 4.78 is 55.4. The van der Waals surface area contributed by atoms with Crippen molar-refractivity contribution in [3.8, 4) is 5.75 Å². The lowest BCUT2D eigenvalue weighted by atomic mass is 9.64. The summed E-state index contributed by atoms with van der Waals surface area (Å²) in [5, 5.41) is -0.0295. The zero-order chi connectivity index (χ0) is 36.6. The number of hydrogen-bond donors (Lipinski definition) is 1. The van der Waals surface area contributed by atoms with E-state index in [0.29, 0.717) is 55.8 Å². The molecule has 1 amide bonds. The number of sulfonamides is 1. The van der Waals surface area contributed by atoms with Crippen LogP contribution >= 0.6 is 11.6 Å². The van der Waals surface area contributed by atoms with E-state index in [1.807, 2.05) is 25.1 Å². The number of amides is 1. The van der Waals surface area contributed by atoms with E-state index in [4.69, 9.17) is 30.5 Å². The molecule has 2 aromatic rings. The molecule has 2 aromatic carbocycles. The summed E-state index contributed by atoms with van der Waals surface area (Å²) in [7, 11) is 1.68. The predicted octanol–water partition coefficient (Wildman–Crippen LogP) is 6.04. The topological polar surface area (TPSA) is 107 Å². The minimum Gasteiger partial charge on any atom is -0.490 e. The third-order valence-electron chi connectivity index (χ3n) is 12.8. The van der Waals surface area contributed by atoms with Gasteiger partial charge in [-0.3, -0.25) is 4.79 Å². The highest BCUT2D eigenvalue weighted by Crippen LogP contribution is 2.49. The molecule has 1 saturated carbocycles. The Bertz CT molecular complexity index is 1700. The van der Waals surface area contributed by atoms with Gasteiger partial charge in [-0.05, 0) is 125 Å². The van der Waals surface area contributed by atoms with Crippen LogP contribution in [-0.4, -0.2) is 97.5 Å². The van der Waals surface area contributed by atoms with E-state index in [2.05, 4.69) is 40.7 Å². The van der Waals surface area contributed by atoms with Crippen molar-refractivity contribution in [3.05, 3.63) is 58.1 Å². The highest BCUT2D eigenvalue weighted by Gasteiger charge is 2.47. The van der Waals surface area contributed by atoms with Crippen molar-refractivity contribution in [2.45, 2.75) is 87.7 Å². The minimum atomic E-state index is -4.02. The number of rotatable bonds is 5. The van der Waals surface area contributed by atoms with Gasteiger partial charge in [0.15, 0.2) is 6.29 Å². The number of benzene rings is 2. The number of hydrogen-bond acceptors (Lipinski definition) is 9. The molecule has 6 atom stereocenters. The maximum Gasteiger partial charge on any atom is 0.264 e. The molecule has 3 heterocycles. The third kappa shape index (κ3) is 7.73. The van der Waals surface area contributed by atoms with Crippen LogP contribution < -0.4 is 14.4 Å². The van der Waals surface area contributed by atoms with Gasteiger partial charge >= 0.3 is 0 Å². The van der Waals surface area contributed by atoms with Gasteiger partial charge in [-0.1, -0.05) is 31.0 Å². The van der Waals surface area contributed by atoms with E-state index in [-0.39, 0.29) is 36.2 Å². The quantitative estimate of drug-likeness (QED) is 0.391. The van der Waals surface area contributed by atoms with Crippen molar-refractivity contribution >= 4 is 33.2 Å². The van der Waals surface area contributed by atoms with Crippen LogP contribution in [0.15, 0.2) is 36.4 Å². The van der Waals surface area contributed by atoms with Crippen molar-refractivity contribution in [3.63, 3.8) is 0 Å². The molecule has 10 nitrogen and oxygen atoms in total. The van der Waals surface area contributed by atoms with E-state index in [1.165, 1.54) is 11.1 Å². The Hall–Kier alpha value is -2.41. The van der Waals surface area contributed by atoms with Gasteiger partial charge in [0, 0.05) is 48.7 Å². The summed E-state index contributed by atoms with van der Waals surface area (Å²) >= 11 is 6.49. The lowest BCUT2D eigenvalue weighted by Gasteiger charge is -2.49. The number of anilines is 1. The number of methoxy groups -OCH3 is 1. The van der Waals surface area contributed by atoms with Gasteiger partial charge in [0.25, 0.3) is 5.91 Å². The highest BCUT2D eigenvalue weighted by atomic mass is 35.5. The van der Waals surface area contributed by atoms with Crippen LogP contribution in [-0.2, 0) is 36.1 Å². The van der Waals surface area contributed by atoms with Crippen LogP contribution in [0.2, 0.25) is 5.02 Å². The summed E-state index contributed by atoms with van der Waals surface area (Å²) in [6.45, 7) is 5.56. The van der Waals surface area contributed by atoms with E-state index < -0.39 is 21.2 Å². The molecule has 3 aliphatic heterocycles. The van der Waals surface area contributed by atoms with Crippen molar-refractivity contribution in [1.29, 1.82) is 0 Å². The average molecular weight is 758 g/mol. The SMILES string of the molecule is COCC[C@@H]1[C@@H](C)CCC[C@H](C2OCC(N(C)C)CO2)[C@@H]2CC[C@H]2CN2C[C@@]3(CCCc4cc(Cl)ccc43)COc3ccc(cc32)C(=O)NS1(=O)=O. The zero-order valence-electron chi connectivity index (χ0n) is 31.2. The standard InChI is InChI=1S/C40H56ClN3O7S/c1-26-7-5-9-33(39-49-22-31(23-50-39)43(2)3)32-13-10-29(32)21-44-24-40(17-6-8-27-19-30(41)12-14-34(27)40)25-51-36-15-11-28(20-35(36)44)38(45)42-52(46,47)37(26)16-18-48-4/h11-12,14-15,19-20,26,29,31-33,37,39H,5-10,13,16-18,21-25H2,1-4H3,(H,42,45)/t26-,29-,31?,32+,33-,37+,39?,40-/m0/s1. The fourth-order valence-electron chi connectivity index (χ4n) is 9.63. The second-order valence-electron chi connectivity index (χ2n) is 16.3. The number of nitrogens with one attached hydrogen (secondary N) is 1. The van der Waals surface area contributed by atoms with Crippen LogP contribution in [0.4, 0.5) is 5.69 Å². The van der Waals surface area contributed by atoms with Gasteiger partial charge < -0.3 is 28.7 Å². The molecular formula is C40H56ClN3O7S. The molecule has 12 heteroatoms. The number of carbonyl (C=O) groups excluding carboxylic acids is 1. The van der Waals surface area contributed by atoms with Crippen LogP contribution in [0.5, 0.6) is 5.75 Å². The molecule has 5 aliphatic rings. The maximum atomic E-state index is 13.9. The normalized spacial score (nSPS) is 33.6. The molecule has 1 spiro atoms. The number of ether oxygens (including phenoxy) is 4. The molecule has 286 valence electrons. The van der Waals surface area contributed by atoms with Crippen molar-refractivity contribution in [1.82, 2.24) is 9.62 Å². The predicted molar refractivity (Wildman–Crippen MR) is 203 cm³/mol. The number of likely N-dealkylation sites (N-methyl/N-ethyl adjacent to an activating group) is 1. The molecular weight excluding hydrogens is 702 g/mol. The molecule has 2 bridgehead atoms. The number of carbonyl (C=O) groups is 1. The molecule has 52 heavy (non-hydrogen) atoms. The average Bonchev–Trinajstić information content (AvgIpc) is 3.25. The Morgan fingerprint density at radius 1 is 1.04 bits per heavy atom. The Balaban J connectivity index is 1.27. The largest absolute Gasteiger partial charge is 0.490 e. The van der Waals surface area contributed by atoms with E-state index in [0.717, 1.165) is 68.7 Å². The van der Waals surface area contributed by atoms with E-state index in [1.54, 1.807) is 13.2 Å². The van der Waals surface area contributed by atoms with E-state index in [9.17, 15) is 13.2 Å². The van der Waals surface area contributed by atoms with Gasteiger partial charge in [0.05, 0.1) is 36.8 Å². The van der Waals surface area contributed by atoms with Gasteiger partial charge in [-0.2, -0.15) is 0 Å². The summed E-state index contributed by atoms with van der Waals surface area (Å²) in [4.78, 5) is 18.4. The van der Waals surface area contributed by atoms with Gasteiger partial charge in [0.1, 0.15) is 5.75 Å². The molecule has 1 saturated heterocycles. The summed E-state index contributed by atoms with van der Waals surface area (Å²) in [5.41, 5.74) is 3.43. The minimum absolute atomic E-state index is 0.183. The smallest absolute Gasteiger partial charge is 0.264 e. The van der Waals surface area contributed by atoms with E-state index >= 15 is 0 Å². The van der Waals surface area contributed by atoms with Crippen LogP contribution in [0.25, 0.3) is 0 Å². The van der Waals surface area contributed by atoms with Crippen LogP contribution in [0.3, 0.4) is 0 Å². The second-order valence-corrected chi connectivity index (χ2v) is 18.6. The number of nitrogens with zero attached hydrogens (tertiary/aromatic N) is 2. The second kappa shape index (κ2) is 15.7. The highest BCUT2D eigenvalue weighted by molar-refractivity contribution is 7.90. The zero-order valence-corrected chi connectivity index (χ0v) is 32.7. The first-order valence-corrected chi connectivity index (χ1v) is 21.2. The Morgan fingerprint density at radius 2 is 1.85 bits per heavy atom. The fourth-order valence-corrected chi connectivity index (χ4v) is 11.5. The summed E-state index contributed by atoms with van der Waals surface area (Å²) in [6.07, 6.45) is 7.64. The van der Waals surface area contributed by atoms with Crippen LogP contribution in [0, 0.1) is 23.7 Å². The summed E-state index contributed by atoms with van der Waals surface area (Å²) in [5.74, 6) is 0.896. The summed E-state index contributed by atoms with van der Waals surface area (Å²) in [6, 6.07) is 11.9. The lowest BCUT2D eigenvalue weighted by Crippen LogP contribution is -2.52. The fraction of sp³-hybridized carbons (Fsp3) is 0.675. The number of fused-ring (bicyclic) bond motifs is 4. The monoisotopic (exact) mass is 757 g/mol. The van der Waals surface area contributed by atoms with Crippen molar-refractivity contribution in [2.24, 2.45) is 23.7 Å². The van der Waals surface area contributed by atoms with Crippen molar-refractivity contribution < 1.29 is 32.2 Å². The maximum absolute atomic E-state index is 13.9. The Kier molecular flexibility index (Phi) is 11.5. The molecule has 0 unspecified atom stereocenters. The molecule has 1 N–H and O–H groups in total. The van der Waals surface area contributed by atoms with Gasteiger partial charge in [-0.15, -0.1) is 0 Å². The third-order valence-corrected chi connectivity index (χ3v) is 15.0. The van der Waals surface area contributed by atoms with Crippen LogP contribution in [0.1, 0.15) is 79.8 Å². The number of aryl methyl sites for hydroxylation is 1. The molecule has 7 rings (SSSR count). The molecule has 0 aromatic heterocycles. The molecule has 2 aliphatic carbocycles. The van der Waals surface area contributed by atoms with Crippen molar-refractivity contribution in [2.75, 3.05) is 65.6 Å². The van der Waals surface area contributed by atoms with Gasteiger partial charge in [0.2, 0.25) is 10.0 Å². The lowest BCUT2D eigenvalue weighted by molar-refractivity contribution is -0.240. The first kappa shape index (κ1) is 37.9. The Labute approximate surface area is 314 Å².